The van der Waals surface area contributed by atoms with Crippen molar-refractivity contribution in [3.63, 3.8) is 0 Å². The standard InChI is InChI=1S/C16H20N4OS/c17-8-12-6-7-18-9-13(12)15(21)20-16-19-10-14(22-16)11-4-2-1-3-5-11/h1-5,10,12-13,18H,6-9,17H2,(H,19,20,21). The van der Waals surface area contributed by atoms with E-state index in [1.165, 1.54) is 11.3 Å². The number of hydrogen-bond donors (Lipinski definition) is 3. The van der Waals surface area contributed by atoms with E-state index >= 15 is 0 Å². The highest BCUT2D eigenvalue weighted by Gasteiger charge is 2.30. The summed E-state index contributed by atoms with van der Waals surface area (Å²) >= 11 is 1.49. The fourth-order valence-corrected chi connectivity index (χ4v) is 3.59. The van der Waals surface area contributed by atoms with Crippen LogP contribution in [0.3, 0.4) is 0 Å². The Labute approximate surface area is 133 Å². The molecule has 0 saturated carbocycles. The molecule has 2 atom stereocenters. The van der Waals surface area contributed by atoms with Crippen LogP contribution in [0.4, 0.5) is 5.13 Å². The molecule has 5 nitrogen and oxygen atoms in total. The zero-order valence-corrected chi connectivity index (χ0v) is 13.1. The highest BCUT2D eigenvalue weighted by molar-refractivity contribution is 7.19. The predicted molar refractivity (Wildman–Crippen MR) is 89.7 cm³/mol. The summed E-state index contributed by atoms with van der Waals surface area (Å²) in [6.45, 7) is 2.17. The van der Waals surface area contributed by atoms with E-state index in [2.05, 4.69) is 15.6 Å². The van der Waals surface area contributed by atoms with Gasteiger partial charge in [-0.05, 0) is 31.0 Å². The number of rotatable bonds is 4. The zero-order chi connectivity index (χ0) is 15.4. The van der Waals surface area contributed by atoms with E-state index in [-0.39, 0.29) is 17.7 Å². The van der Waals surface area contributed by atoms with Crippen LogP contribution < -0.4 is 16.4 Å². The van der Waals surface area contributed by atoms with E-state index in [9.17, 15) is 4.79 Å². The van der Waals surface area contributed by atoms with Crippen molar-refractivity contribution in [2.75, 3.05) is 25.0 Å². The summed E-state index contributed by atoms with van der Waals surface area (Å²) in [6, 6.07) is 10.0. The lowest BCUT2D eigenvalue weighted by molar-refractivity contribution is -0.121. The molecule has 2 heterocycles. The largest absolute Gasteiger partial charge is 0.330 e. The summed E-state index contributed by atoms with van der Waals surface area (Å²) in [5.74, 6) is 0.175. The molecular weight excluding hydrogens is 296 g/mol. The quantitative estimate of drug-likeness (QED) is 0.805. The second kappa shape index (κ2) is 7.00. The van der Waals surface area contributed by atoms with Crippen molar-refractivity contribution < 1.29 is 4.79 Å². The van der Waals surface area contributed by atoms with Gasteiger partial charge in [0.15, 0.2) is 5.13 Å². The van der Waals surface area contributed by atoms with Crippen LogP contribution in [-0.2, 0) is 4.79 Å². The minimum atomic E-state index is -0.0807. The third-order valence-electron chi connectivity index (χ3n) is 4.06. The van der Waals surface area contributed by atoms with Crippen molar-refractivity contribution in [1.29, 1.82) is 0 Å². The maximum Gasteiger partial charge on any atom is 0.230 e. The number of piperidine rings is 1. The predicted octanol–water partition coefficient (Wildman–Crippen LogP) is 1.93. The molecule has 6 heteroatoms. The number of carbonyl (C=O) groups excluding carboxylic acids is 1. The van der Waals surface area contributed by atoms with E-state index in [1.807, 2.05) is 30.3 Å². The van der Waals surface area contributed by atoms with Gasteiger partial charge in [-0.1, -0.05) is 41.7 Å². The first-order valence-corrected chi connectivity index (χ1v) is 8.32. The Kier molecular flexibility index (Phi) is 4.82. The molecule has 1 aromatic carbocycles. The van der Waals surface area contributed by atoms with Crippen molar-refractivity contribution in [3.05, 3.63) is 36.5 Å². The van der Waals surface area contributed by atoms with Crippen LogP contribution in [0.25, 0.3) is 10.4 Å². The molecular formula is C16H20N4OS. The highest BCUT2D eigenvalue weighted by Crippen LogP contribution is 2.29. The number of nitrogens with zero attached hydrogens (tertiary/aromatic N) is 1. The molecule has 1 aliphatic heterocycles. The van der Waals surface area contributed by atoms with Crippen LogP contribution in [0, 0.1) is 11.8 Å². The first-order valence-electron chi connectivity index (χ1n) is 7.51. The van der Waals surface area contributed by atoms with Crippen molar-refractivity contribution in [2.24, 2.45) is 17.6 Å². The first-order chi connectivity index (χ1) is 10.8. The number of thiazole rings is 1. The van der Waals surface area contributed by atoms with Gasteiger partial charge in [0.05, 0.1) is 10.8 Å². The molecule has 0 radical (unpaired) electrons. The second-order valence-electron chi connectivity index (χ2n) is 5.48. The third-order valence-corrected chi connectivity index (χ3v) is 5.02. The van der Waals surface area contributed by atoms with Crippen LogP contribution in [0.1, 0.15) is 6.42 Å². The van der Waals surface area contributed by atoms with Gasteiger partial charge < -0.3 is 16.4 Å². The van der Waals surface area contributed by atoms with Crippen LogP contribution in [0.2, 0.25) is 0 Å². The Bertz CT molecular complexity index is 628. The number of aromatic nitrogens is 1. The number of carbonyl (C=O) groups is 1. The summed E-state index contributed by atoms with van der Waals surface area (Å²) in [5, 5.41) is 6.85. The average Bonchev–Trinajstić information content (AvgIpc) is 3.04. The molecule has 1 saturated heterocycles. The Morgan fingerprint density at radius 2 is 2.23 bits per heavy atom. The number of hydrogen-bond acceptors (Lipinski definition) is 5. The van der Waals surface area contributed by atoms with Crippen molar-refractivity contribution in [1.82, 2.24) is 10.3 Å². The topological polar surface area (TPSA) is 80.0 Å². The van der Waals surface area contributed by atoms with Gasteiger partial charge in [-0.15, -0.1) is 0 Å². The minimum absolute atomic E-state index is 0.0108. The van der Waals surface area contributed by atoms with Gasteiger partial charge >= 0.3 is 0 Å². The molecule has 0 spiro atoms. The fourth-order valence-electron chi connectivity index (χ4n) is 2.77. The molecule has 0 aliphatic carbocycles. The number of nitrogens with one attached hydrogen (secondary N) is 2. The molecule has 4 N–H and O–H groups in total. The van der Waals surface area contributed by atoms with E-state index in [1.54, 1.807) is 6.20 Å². The van der Waals surface area contributed by atoms with Gasteiger partial charge in [0.1, 0.15) is 0 Å². The maximum atomic E-state index is 12.4. The molecule has 3 rings (SSSR count). The fraction of sp³-hybridized carbons (Fsp3) is 0.375. The number of anilines is 1. The molecule has 1 aliphatic rings. The van der Waals surface area contributed by atoms with Crippen LogP contribution >= 0.6 is 11.3 Å². The first kappa shape index (κ1) is 15.1. The summed E-state index contributed by atoms with van der Waals surface area (Å²) in [4.78, 5) is 17.8. The van der Waals surface area contributed by atoms with Gasteiger partial charge in [-0.25, -0.2) is 4.98 Å². The van der Waals surface area contributed by atoms with Gasteiger partial charge in [0.25, 0.3) is 0 Å². The lowest BCUT2D eigenvalue weighted by Gasteiger charge is -2.29. The normalized spacial score (nSPS) is 21.5. The van der Waals surface area contributed by atoms with Gasteiger partial charge in [-0.3, -0.25) is 4.79 Å². The third kappa shape index (κ3) is 3.35. The smallest absolute Gasteiger partial charge is 0.230 e. The molecule has 2 unspecified atom stereocenters. The van der Waals surface area contributed by atoms with E-state index in [0.717, 1.165) is 23.4 Å². The SMILES string of the molecule is NCC1CCNCC1C(=O)Nc1ncc(-c2ccccc2)s1. The second-order valence-corrected chi connectivity index (χ2v) is 6.51. The lowest BCUT2D eigenvalue weighted by atomic mass is 9.86. The minimum Gasteiger partial charge on any atom is -0.330 e. The molecule has 22 heavy (non-hydrogen) atoms. The Balaban J connectivity index is 1.68. The average molecular weight is 316 g/mol. The summed E-state index contributed by atoms with van der Waals surface area (Å²) < 4.78 is 0. The molecule has 2 aromatic rings. The van der Waals surface area contributed by atoms with Crippen LogP contribution in [0.15, 0.2) is 36.5 Å². The van der Waals surface area contributed by atoms with Gasteiger partial charge in [-0.2, -0.15) is 0 Å². The van der Waals surface area contributed by atoms with Crippen molar-refractivity contribution in [2.45, 2.75) is 6.42 Å². The van der Waals surface area contributed by atoms with Crippen molar-refractivity contribution >= 4 is 22.4 Å². The summed E-state index contributed by atoms with van der Waals surface area (Å²) in [5.41, 5.74) is 6.89. The molecule has 0 bridgehead atoms. The van der Waals surface area contributed by atoms with E-state index < -0.39 is 0 Å². The zero-order valence-electron chi connectivity index (χ0n) is 12.3. The highest BCUT2D eigenvalue weighted by atomic mass is 32.1. The molecule has 1 amide bonds. The number of amides is 1. The van der Waals surface area contributed by atoms with Crippen LogP contribution in [-0.4, -0.2) is 30.5 Å². The van der Waals surface area contributed by atoms with Crippen LogP contribution in [0.5, 0.6) is 0 Å². The summed E-state index contributed by atoms with van der Waals surface area (Å²) in [7, 11) is 0. The van der Waals surface area contributed by atoms with Gasteiger partial charge in [0, 0.05) is 12.7 Å². The molecule has 1 aromatic heterocycles. The van der Waals surface area contributed by atoms with Crippen molar-refractivity contribution in [3.8, 4) is 10.4 Å². The Morgan fingerprint density at radius 1 is 1.41 bits per heavy atom. The number of nitrogens with two attached hydrogens (primary N) is 1. The maximum absolute atomic E-state index is 12.4. The Hall–Kier alpha value is -1.76. The Morgan fingerprint density at radius 3 is 3.00 bits per heavy atom. The summed E-state index contributed by atoms with van der Waals surface area (Å²) in [6.07, 6.45) is 2.75. The van der Waals surface area contributed by atoms with Gasteiger partial charge in [0.2, 0.25) is 5.91 Å². The molecule has 1 fully saturated rings. The van der Waals surface area contributed by atoms with E-state index in [4.69, 9.17) is 5.73 Å². The number of benzene rings is 1. The van der Waals surface area contributed by atoms with E-state index in [0.29, 0.717) is 18.2 Å². The molecule has 116 valence electrons. The monoisotopic (exact) mass is 316 g/mol. The lowest BCUT2D eigenvalue weighted by Crippen LogP contribution is -2.45.